The lowest BCUT2D eigenvalue weighted by Crippen LogP contribution is -2.32. The topological polar surface area (TPSA) is 76.3 Å². The minimum atomic E-state index is 0.380. The normalized spacial score (nSPS) is 19.4. The smallest absolute Gasteiger partial charge is 0.191 e. The van der Waals surface area contributed by atoms with Gasteiger partial charge in [0.05, 0.1) is 12.6 Å². The van der Waals surface area contributed by atoms with Crippen molar-refractivity contribution in [2.24, 2.45) is 5.84 Å². The number of nitrogens with one attached hydrogen (secondary N) is 1. The van der Waals surface area contributed by atoms with Gasteiger partial charge in [-0.05, 0) is 12.7 Å². The maximum absolute atomic E-state index is 5.40. The molecule has 1 aromatic rings. The molecular formula is C10H17N5OS. The van der Waals surface area contributed by atoms with Crippen molar-refractivity contribution in [2.45, 2.75) is 17.6 Å². The highest BCUT2D eigenvalue weighted by molar-refractivity contribution is 7.98. The van der Waals surface area contributed by atoms with E-state index in [1.807, 2.05) is 19.4 Å². The lowest BCUT2D eigenvalue weighted by Gasteiger charge is -2.24. The van der Waals surface area contributed by atoms with E-state index in [4.69, 9.17) is 10.6 Å². The molecule has 1 saturated heterocycles. The van der Waals surface area contributed by atoms with E-state index in [9.17, 15) is 0 Å². The highest BCUT2D eigenvalue weighted by Crippen LogP contribution is 2.22. The average Bonchev–Trinajstić information content (AvgIpc) is 2.91. The van der Waals surface area contributed by atoms with Crippen LogP contribution in [0, 0.1) is 0 Å². The van der Waals surface area contributed by atoms with Crippen LogP contribution in [0.1, 0.15) is 6.42 Å². The Morgan fingerprint density at radius 3 is 3.00 bits per heavy atom. The molecule has 1 fully saturated rings. The third kappa shape index (κ3) is 2.80. The molecule has 2 heterocycles. The van der Waals surface area contributed by atoms with Crippen molar-refractivity contribution in [2.75, 3.05) is 36.8 Å². The summed E-state index contributed by atoms with van der Waals surface area (Å²) in [7, 11) is 2.02. The molecule has 1 aliphatic heterocycles. The number of hydrogen-bond donors (Lipinski definition) is 2. The average molecular weight is 255 g/mol. The van der Waals surface area contributed by atoms with Gasteiger partial charge in [0.15, 0.2) is 5.16 Å². The maximum atomic E-state index is 5.40. The second-order valence-corrected chi connectivity index (χ2v) is 4.64. The zero-order chi connectivity index (χ0) is 12.3. The van der Waals surface area contributed by atoms with Crippen LogP contribution in [0.2, 0.25) is 0 Å². The van der Waals surface area contributed by atoms with Gasteiger partial charge >= 0.3 is 0 Å². The van der Waals surface area contributed by atoms with Gasteiger partial charge in [-0.3, -0.25) is 0 Å². The number of anilines is 2. The third-order valence-electron chi connectivity index (χ3n) is 2.84. The molecule has 17 heavy (non-hydrogen) atoms. The number of aromatic nitrogens is 2. The summed E-state index contributed by atoms with van der Waals surface area (Å²) in [5, 5.41) is 0.709. The third-order valence-corrected chi connectivity index (χ3v) is 3.39. The van der Waals surface area contributed by atoms with Crippen molar-refractivity contribution < 1.29 is 4.74 Å². The molecular weight excluding hydrogens is 238 g/mol. The summed E-state index contributed by atoms with van der Waals surface area (Å²) in [6.07, 6.45) is 2.97. The quantitative estimate of drug-likeness (QED) is 0.355. The number of ether oxygens (including phenoxy) is 1. The summed E-state index contributed by atoms with van der Waals surface area (Å²) < 4.78 is 5.38. The Labute approximate surface area is 105 Å². The highest BCUT2D eigenvalue weighted by atomic mass is 32.2. The minimum absolute atomic E-state index is 0.380. The Morgan fingerprint density at radius 2 is 2.41 bits per heavy atom. The van der Waals surface area contributed by atoms with Crippen LogP contribution < -0.4 is 16.2 Å². The molecule has 6 nitrogen and oxygen atoms in total. The van der Waals surface area contributed by atoms with Crippen molar-refractivity contribution in [1.29, 1.82) is 0 Å². The first-order valence-corrected chi connectivity index (χ1v) is 6.67. The summed E-state index contributed by atoms with van der Waals surface area (Å²) >= 11 is 1.50. The van der Waals surface area contributed by atoms with Crippen LogP contribution in [-0.4, -0.2) is 42.5 Å². The molecule has 0 bridgehead atoms. The Kier molecular flexibility index (Phi) is 4.03. The largest absolute Gasteiger partial charge is 0.379 e. The van der Waals surface area contributed by atoms with Crippen LogP contribution in [0.25, 0.3) is 0 Å². The fourth-order valence-corrected chi connectivity index (χ4v) is 2.15. The first kappa shape index (κ1) is 12.4. The number of nitrogens with two attached hydrogens (primary N) is 1. The molecule has 0 spiro atoms. The van der Waals surface area contributed by atoms with E-state index >= 15 is 0 Å². The van der Waals surface area contributed by atoms with Crippen LogP contribution in [0.15, 0.2) is 11.2 Å². The Morgan fingerprint density at radius 1 is 1.59 bits per heavy atom. The zero-order valence-electron chi connectivity index (χ0n) is 10.0. The molecule has 2 rings (SSSR count). The second-order valence-electron chi connectivity index (χ2n) is 3.87. The van der Waals surface area contributed by atoms with Gasteiger partial charge in [0.1, 0.15) is 11.6 Å². The maximum Gasteiger partial charge on any atom is 0.191 e. The molecule has 7 heteroatoms. The summed E-state index contributed by atoms with van der Waals surface area (Å²) in [5.74, 6) is 6.90. The molecule has 0 aliphatic carbocycles. The fourth-order valence-electron chi connectivity index (χ4n) is 1.77. The molecule has 1 unspecified atom stereocenters. The van der Waals surface area contributed by atoms with Gasteiger partial charge in [-0.15, -0.1) is 0 Å². The lowest BCUT2D eigenvalue weighted by molar-refractivity contribution is 0.193. The Hall–Kier alpha value is -1.05. The number of hydrogen-bond acceptors (Lipinski definition) is 7. The van der Waals surface area contributed by atoms with Crippen molar-refractivity contribution in [3.05, 3.63) is 6.07 Å². The molecule has 3 N–H and O–H groups in total. The van der Waals surface area contributed by atoms with Gasteiger partial charge in [-0.2, -0.15) is 0 Å². The van der Waals surface area contributed by atoms with Gasteiger partial charge < -0.3 is 15.1 Å². The van der Waals surface area contributed by atoms with E-state index < -0.39 is 0 Å². The monoisotopic (exact) mass is 255 g/mol. The Balaban J connectivity index is 2.23. The van der Waals surface area contributed by atoms with Gasteiger partial charge in [0, 0.05) is 19.7 Å². The molecule has 0 aromatic carbocycles. The number of thioether (sulfide) groups is 1. The molecule has 0 saturated carbocycles. The number of hydrazine groups is 1. The van der Waals surface area contributed by atoms with Crippen LogP contribution in [0.3, 0.4) is 0 Å². The zero-order valence-corrected chi connectivity index (χ0v) is 10.8. The van der Waals surface area contributed by atoms with Gasteiger partial charge in [0.2, 0.25) is 0 Å². The van der Waals surface area contributed by atoms with Crippen molar-refractivity contribution in [3.8, 4) is 0 Å². The lowest BCUT2D eigenvalue weighted by atomic mass is 10.2. The summed E-state index contributed by atoms with van der Waals surface area (Å²) in [4.78, 5) is 10.8. The van der Waals surface area contributed by atoms with E-state index in [2.05, 4.69) is 20.3 Å². The standard InChI is InChI=1S/C10H17N5OS/c1-15(7-3-4-16-6-7)9-5-8(14-11)12-10(13-9)17-2/h5,7H,3-4,6,11H2,1-2H3,(H,12,13,14). The van der Waals surface area contributed by atoms with Crippen molar-refractivity contribution in [3.63, 3.8) is 0 Å². The number of rotatable bonds is 4. The molecule has 0 radical (unpaired) electrons. The van der Waals surface area contributed by atoms with Crippen LogP contribution >= 0.6 is 11.8 Å². The van der Waals surface area contributed by atoms with E-state index in [0.29, 0.717) is 17.0 Å². The molecule has 1 aliphatic rings. The number of likely N-dealkylation sites (N-methyl/N-ethyl adjacent to an activating group) is 1. The SMILES string of the molecule is CSc1nc(NN)cc(N(C)C2CCOC2)n1. The molecule has 0 amide bonds. The highest BCUT2D eigenvalue weighted by Gasteiger charge is 2.22. The summed E-state index contributed by atoms with van der Waals surface area (Å²) in [6.45, 7) is 1.57. The van der Waals surface area contributed by atoms with Crippen molar-refractivity contribution in [1.82, 2.24) is 9.97 Å². The van der Waals surface area contributed by atoms with Crippen LogP contribution in [0.4, 0.5) is 11.6 Å². The predicted molar refractivity (Wildman–Crippen MR) is 69.3 cm³/mol. The van der Waals surface area contributed by atoms with Crippen molar-refractivity contribution >= 4 is 23.4 Å². The van der Waals surface area contributed by atoms with E-state index in [1.54, 1.807) is 0 Å². The summed E-state index contributed by atoms with van der Waals surface area (Å²) in [6, 6.07) is 2.23. The molecule has 94 valence electrons. The second kappa shape index (κ2) is 5.52. The van der Waals surface area contributed by atoms with Crippen LogP contribution in [-0.2, 0) is 4.74 Å². The first-order chi connectivity index (χ1) is 8.24. The minimum Gasteiger partial charge on any atom is -0.379 e. The molecule has 1 atom stereocenters. The van der Waals surface area contributed by atoms with Gasteiger partial charge in [-0.1, -0.05) is 11.8 Å². The van der Waals surface area contributed by atoms with Crippen LogP contribution in [0.5, 0.6) is 0 Å². The van der Waals surface area contributed by atoms with E-state index in [1.165, 1.54) is 11.8 Å². The number of nitrogen functional groups attached to an aromatic ring is 1. The number of nitrogens with zero attached hydrogens (tertiary/aromatic N) is 3. The van der Waals surface area contributed by atoms with Gasteiger partial charge in [0.25, 0.3) is 0 Å². The van der Waals surface area contributed by atoms with E-state index in [0.717, 1.165) is 25.5 Å². The summed E-state index contributed by atoms with van der Waals surface area (Å²) in [5.41, 5.74) is 2.57. The fraction of sp³-hybridized carbons (Fsp3) is 0.600. The van der Waals surface area contributed by atoms with E-state index in [-0.39, 0.29) is 0 Å². The Bertz CT molecular complexity index is 361. The van der Waals surface area contributed by atoms with Gasteiger partial charge in [-0.25, -0.2) is 15.8 Å². The molecule has 1 aromatic heterocycles. The first-order valence-electron chi connectivity index (χ1n) is 5.45. The predicted octanol–water partition coefficient (Wildman–Crippen LogP) is 0.709.